The number of amides is 1. The van der Waals surface area contributed by atoms with E-state index in [0.29, 0.717) is 11.8 Å². The summed E-state index contributed by atoms with van der Waals surface area (Å²) in [7, 11) is 0. The smallest absolute Gasteiger partial charge is 0.239 e. The van der Waals surface area contributed by atoms with Gasteiger partial charge in [0, 0.05) is 26.2 Å². The molecule has 2 fully saturated rings. The molecule has 2 aliphatic rings. The lowest BCUT2D eigenvalue weighted by atomic mass is 9.97. The van der Waals surface area contributed by atoms with Gasteiger partial charge in [-0.15, -0.1) is 0 Å². The lowest BCUT2D eigenvalue weighted by Crippen LogP contribution is -2.57. The lowest BCUT2D eigenvalue weighted by Gasteiger charge is -2.41. The molecule has 0 spiro atoms. The molecule has 0 aliphatic carbocycles. The van der Waals surface area contributed by atoms with Crippen molar-refractivity contribution in [3.8, 4) is 0 Å². The summed E-state index contributed by atoms with van der Waals surface area (Å²) < 4.78 is 0. The zero-order valence-electron chi connectivity index (χ0n) is 12.7. The highest BCUT2D eigenvalue weighted by Gasteiger charge is 2.32. The van der Waals surface area contributed by atoms with Crippen molar-refractivity contribution >= 4 is 5.91 Å². The van der Waals surface area contributed by atoms with Gasteiger partial charge in [0.2, 0.25) is 5.91 Å². The number of hydrogen-bond donors (Lipinski definition) is 1. The van der Waals surface area contributed by atoms with Crippen LogP contribution in [-0.2, 0) is 4.79 Å². The minimum atomic E-state index is 0.0643. The maximum atomic E-state index is 12.4. The number of carbonyl (C=O) groups is 1. The van der Waals surface area contributed by atoms with Gasteiger partial charge in [-0.1, -0.05) is 13.8 Å². The van der Waals surface area contributed by atoms with E-state index in [1.54, 1.807) is 0 Å². The Morgan fingerprint density at radius 3 is 2.79 bits per heavy atom. The first kappa shape index (κ1) is 14.8. The molecule has 2 unspecified atom stereocenters. The summed E-state index contributed by atoms with van der Waals surface area (Å²) >= 11 is 0. The monoisotopic (exact) mass is 267 g/mol. The fourth-order valence-electron chi connectivity index (χ4n) is 3.26. The molecular weight excluding hydrogens is 238 g/mol. The van der Waals surface area contributed by atoms with Gasteiger partial charge in [-0.25, -0.2) is 0 Å². The lowest BCUT2D eigenvalue weighted by molar-refractivity contribution is -0.142. The SMILES string of the molecule is CC(C)CN1CCN(CC2CCCNC2)C(C)C1=O. The molecule has 0 radical (unpaired) electrons. The Morgan fingerprint density at radius 1 is 1.37 bits per heavy atom. The quantitative estimate of drug-likeness (QED) is 0.831. The van der Waals surface area contributed by atoms with Crippen LogP contribution in [0.1, 0.15) is 33.6 Å². The predicted molar refractivity (Wildman–Crippen MR) is 78.0 cm³/mol. The molecule has 19 heavy (non-hydrogen) atoms. The average molecular weight is 267 g/mol. The molecule has 0 aromatic rings. The van der Waals surface area contributed by atoms with Gasteiger partial charge < -0.3 is 10.2 Å². The van der Waals surface area contributed by atoms with Crippen LogP contribution in [0.5, 0.6) is 0 Å². The van der Waals surface area contributed by atoms with E-state index in [0.717, 1.165) is 45.2 Å². The van der Waals surface area contributed by atoms with E-state index in [1.807, 2.05) is 4.90 Å². The largest absolute Gasteiger partial charge is 0.340 e. The fraction of sp³-hybridized carbons (Fsp3) is 0.933. The van der Waals surface area contributed by atoms with E-state index in [1.165, 1.54) is 12.8 Å². The van der Waals surface area contributed by atoms with Crippen LogP contribution < -0.4 is 5.32 Å². The molecule has 0 aromatic carbocycles. The zero-order chi connectivity index (χ0) is 13.8. The molecule has 2 aliphatic heterocycles. The Morgan fingerprint density at radius 2 is 2.16 bits per heavy atom. The van der Waals surface area contributed by atoms with Crippen molar-refractivity contribution in [2.45, 2.75) is 39.7 Å². The predicted octanol–water partition coefficient (Wildman–Crippen LogP) is 1.17. The summed E-state index contributed by atoms with van der Waals surface area (Å²) in [5.41, 5.74) is 0. The zero-order valence-corrected chi connectivity index (χ0v) is 12.7. The van der Waals surface area contributed by atoms with Crippen LogP contribution in [-0.4, -0.2) is 61.0 Å². The molecule has 4 heteroatoms. The van der Waals surface area contributed by atoms with Gasteiger partial charge in [0.25, 0.3) is 0 Å². The molecule has 0 aromatic heterocycles. The molecule has 2 atom stereocenters. The minimum Gasteiger partial charge on any atom is -0.340 e. The summed E-state index contributed by atoms with van der Waals surface area (Å²) in [5.74, 6) is 1.61. The molecular formula is C15H29N3O. The van der Waals surface area contributed by atoms with E-state index < -0.39 is 0 Å². The van der Waals surface area contributed by atoms with Crippen LogP contribution in [0, 0.1) is 11.8 Å². The first-order valence-electron chi connectivity index (χ1n) is 7.81. The number of hydrogen-bond acceptors (Lipinski definition) is 3. The maximum absolute atomic E-state index is 12.4. The van der Waals surface area contributed by atoms with Crippen LogP contribution >= 0.6 is 0 Å². The van der Waals surface area contributed by atoms with Crippen LogP contribution in [0.3, 0.4) is 0 Å². The van der Waals surface area contributed by atoms with E-state index in [-0.39, 0.29) is 6.04 Å². The molecule has 2 heterocycles. The van der Waals surface area contributed by atoms with E-state index >= 15 is 0 Å². The van der Waals surface area contributed by atoms with Crippen LogP contribution in [0.2, 0.25) is 0 Å². The van der Waals surface area contributed by atoms with Crippen molar-refractivity contribution in [2.24, 2.45) is 11.8 Å². The summed E-state index contributed by atoms with van der Waals surface area (Å²) in [6.07, 6.45) is 2.58. The number of rotatable bonds is 4. The number of carbonyl (C=O) groups excluding carboxylic acids is 1. The summed E-state index contributed by atoms with van der Waals surface area (Å²) in [4.78, 5) is 16.8. The third-order valence-corrected chi connectivity index (χ3v) is 4.35. The molecule has 1 amide bonds. The molecule has 0 bridgehead atoms. The Labute approximate surface area is 117 Å². The van der Waals surface area contributed by atoms with Crippen molar-refractivity contribution < 1.29 is 4.79 Å². The first-order valence-corrected chi connectivity index (χ1v) is 7.81. The van der Waals surface area contributed by atoms with Crippen LogP contribution in [0.25, 0.3) is 0 Å². The molecule has 0 saturated carbocycles. The average Bonchev–Trinajstić information content (AvgIpc) is 2.39. The highest BCUT2D eigenvalue weighted by Crippen LogP contribution is 2.18. The molecule has 4 nitrogen and oxygen atoms in total. The van der Waals surface area contributed by atoms with Gasteiger partial charge in [-0.3, -0.25) is 9.69 Å². The van der Waals surface area contributed by atoms with E-state index in [2.05, 4.69) is 31.0 Å². The number of piperidine rings is 1. The van der Waals surface area contributed by atoms with Gasteiger partial charge >= 0.3 is 0 Å². The second kappa shape index (κ2) is 6.71. The van der Waals surface area contributed by atoms with Crippen molar-refractivity contribution in [1.29, 1.82) is 0 Å². The Bertz CT molecular complexity index is 300. The third-order valence-electron chi connectivity index (χ3n) is 4.35. The van der Waals surface area contributed by atoms with E-state index in [9.17, 15) is 4.79 Å². The second-order valence-electron chi connectivity index (χ2n) is 6.56. The van der Waals surface area contributed by atoms with Crippen molar-refractivity contribution in [3.05, 3.63) is 0 Å². The topological polar surface area (TPSA) is 35.6 Å². The summed E-state index contributed by atoms with van der Waals surface area (Å²) in [6, 6.07) is 0.0643. The van der Waals surface area contributed by atoms with Crippen molar-refractivity contribution in [3.63, 3.8) is 0 Å². The molecule has 1 N–H and O–H groups in total. The fourth-order valence-corrected chi connectivity index (χ4v) is 3.26. The van der Waals surface area contributed by atoms with E-state index in [4.69, 9.17) is 0 Å². The summed E-state index contributed by atoms with van der Waals surface area (Å²) in [6.45, 7) is 12.6. The minimum absolute atomic E-state index is 0.0643. The first-order chi connectivity index (χ1) is 9.08. The normalized spacial score (nSPS) is 30.1. The molecule has 2 saturated heterocycles. The second-order valence-corrected chi connectivity index (χ2v) is 6.56. The molecule has 110 valence electrons. The third kappa shape index (κ3) is 3.93. The number of nitrogens with one attached hydrogen (secondary N) is 1. The van der Waals surface area contributed by atoms with Crippen molar-refractivity contribution in [1.82, 2.24) is 15.1 Å². The Kier molecular flexibility index (Phi) is 5.22. The van der Waals surface area contributed by atoms with Gasteiger partial charge in [0.1, 0.15) is 0 Å². The standard InChI is InChI=1S/C15H29N3O/c1-12(2)10-18-8-7-17(13(3)15(18)19)11-14-5-4-6-16-9-14/h12-14,16H,4-11H2,1-3H3. The number of piperazine rings is 1. The summed E-state index contributed by atoms with van der Waals surface area (Å²) in [5, 5.41) is 3.46. The van der Waals surface area contributed by atoms with Gasteiger partial charge in [0.15, 0.2) is 0 Å². The maximum Gasteiger partial charge on any atom is 0.239 e. The highest BCUT2D eigenvalue weighted by atomic mass is 16.2. The van der Waals surface area contributed by atoms with Gasteiger partial charge in [0.05, 0.1) is 6.04 Å². The molecule has 2 rings (SSSR count). The van der Waals surface area contributed by atoms with Crippen LogP contribution in [0.4, 0.5) is 0 Å². The van der Waals surface area contributed by atoms with Crippen molar-refractivity contribution in [2.75, 3.05) is 39.3 Å². The number of nitrogens with zero attached hydrogens (tertiary/aromatic N) is 2. The highest BCUT2D eigenvalue weighted by molar-refractivity contribution is 5.82. The Balaban J connectivity index is 1.85. The van der Waals surface area contributed by atoms with Crippen LogP contribution in [0.15, 0.2) is 0 Å². The Hall–Kier alpha value is -0.610. The van der Waals surface area contributed by atoms with Gasteiger partial charge in [-0.05, 0) is 44.7 Å². The van der Waals surface area contributed by atoms with Gasteiger partial charge in [-0.2, -0.15) is 0 Å².